The smallest absolute Gasteiger partial charge is 0.193 e. The Balaban J connectivity index is 0.00000288. The van der Waals surface area contributed by atoms with E-state index in [2.05, 4.69) is 52.8 Å². The van der Waals surface area contributed by atoms with Gasteiger partial charge in [-0.05, 0) is 42.5 Å². The first-order valence-corrected chi connectivity index (χ1v) is 8.61. The Kier molecular flexibility index (Phi) is 9.42. The molecule has 6 heteroatoms. The first-order chi connectivity index (χ1) is 11.2. The number of hydrogen-bond donors (Lipinski definition) is 1. The molecule has 1 N–H and O–H groups in total. The van der Waals surface area contributed by atoms with Crippen LogP contribution in [-0.4, -0.2) is 31.0 Å². The van der Waals surface area contributed by atoms with Crippen molar-refractivity contribution in [3.63, 3.8) is 0 Å². The molecule has 0 spiro atoms. The molecule has 24 heavy (non-hydrogen) atoms. The second kappa shape index (κ2) is 11.0. The number of benzene rings is 1. The van der Waals surface area contributed by atoms with Gasteiger partial charge in [-0.1, -0.05) is 18.2 Å². The number of guanidine groups is 1. The Morgan fingerprint density at radius 1 is 1.33 bits per heavy atom. The number of rotatable bonds is 6. The highest BCUT2D eigenvalue weighted by Crippen LogP contribution is 2.10. The molecular formula is C18H23IN4S. The van der Waals surface area contributed by atoms with Gasteiger partial charge in [0, 0.05) is 25.0 Å². The second-order valence-electron chi connectivity index (χ2n) is 5.23. The first kappa shape index (κ1) is 20.5. The quantitative estimate of drug-likeness (QED) is 0.410. The van der Waals surface area contributed by atoms with Gasteiger partial charge in [-0.2, -0.15) is 5.26 Å². The molecule has 0 fully saturated rings. The predicted octanol–water partition coefficient (Wildman–Crippen LogP) is 3.88. The van der Waals surface area contributed by atoms with Crippen molar-refractivity contribution in [2.45, 2.75) is 19.9 Å². The molecule has 1 aromatic heterocycles. The van der Waals surface area contributed by atoms with Crippen LogP contribution < -0.4 is 5.32 Å². The van der Waals surface area contributed by atoms with Gasteiger partial charge in [-0.25, -0.2) is 4.99 Å². The number of nitriles is 1. The number of halogens is 1. The van der Waals surface area contributed by atoms with Gasteiger partial charge < -0.3 is 10.2 Å². The minimum Gasteiger partial charge on any atom is -0.357 e. The lowest BCUT2D eigenvalue weighted by Gasteiger charge is -2.21. The molecule has 0 aliphatic carbocycles. The monoisotopic (exact) mass is 454 g/mol. The van der Waals surface area contributed by atoms with Gasteiger partial charge in [-0.15, -0.1) is 35.3 Å². The van der Waals surface area contributed by atoms with Gasteiger partial charge >= 0.3 is 0 Å². The molecule has 1 aromatic carbocycles. The van der Waals surface area contributed by atoms with Gasteiger partial charge in [0.25, 0.3) is 0 Å². The maximum Gasteiger partial charge on any atom is 0.193 e. The molecule has 2 aromatic rings. The third-order valence-corrected chi connectivity index (χ3v) is 4.37. The number of nitrogens with zero attached hydrogens (tertiary/aromatic N) is 3. The van der Waals surface area contributed by atoms with E-state index in [1.54, 1.807) is 11.3 Å². The second-order valence-corrected chi connectivity index (χ2v) is 6.27. The lowest BCUT2D eigenvalue weighted by atomic mass is 10.1. The van der Waals surface area contributed by atoms with Crippen LogP contribution in [0.1, 0.15) is 22.9 Å². The predicted molar refractivity (Wildman–Crippen MR) is 112 cm³/mol. The van der Waals surface area contributed by atoms with E-state index >= 15 is 0 Å². The summed E-state index contributed by atoms with van der Waals surface area (Å²) < 4.78 is 0. The lowest BCUT2D eigenvalue weighted by molar-refractivity contribution is 0.486. The topological polar surface area (TPSA) is 51.4 Å². The molecule has 0 radical (unpaired) electrons. The fourth-order valence-corrected chi connectivity index (χ4v) is 2.91. The summed E-state index contributed by atoms with van der Waals surface area (Å²) in [5, 5.41) is 14.4. The largest absolute Gasteiger partial charge is 0.357 e. The van der Waals surface area contributed by atoms with Crippen molar-refractivity contribution in [2.24, 2.45) is 4.99 Å². The molecule has 1 heterocycles. The third kappa shape index (κ3) is 6.49. The van der Waals surface area contributed by atoms with Gasteiger partial charge in [0.15, 0.2) is 5.96 Å². The molecule has 0 atom stereocenters. The van der Waals surface area contributed by atoms with Crippen LogP contribution in [0, 0.1) is 11.3 Å². The lowest BCUT2D eigenvalue weighted by Crippen LogP contribution is -2.39. The summed E-state index contributed by atoms with van der Waals surface area (Å²) in [6.07, 6.45) is 1.02. The minimum atomic E-state index is 0. The minimum absolute atomic E-state index is 0. The zero-order valence-corrected chi connectivity index (χ0v) is 17.2. The summed E-state index contributed by atoms with van der Waals surface area (Å²) in [7, 11) is 2.06. The van der Waals surface area contributed by atoms with Crippen molar-refractivity contribution in [1.29, 1.82) is 5.26 Å². The fraction of sp³-hybridized carbons (Fsp3) is 0.333. The van der Waals surface area contributed by atoms with Crippen LogP contribution in [0.25, 0.3) is 0 Å². The summed E-state index contributed by atoms with van der Waals surface area (Å²) in [5.41, 5.74) is 1.72. The average molecular weight is 454 g/mol. The Hall–Kier alpha value is -1.59. The summed E-state index contributed by atoms with van der Waals surface area (Å²) in [6.45, 7) is 4.39. The van der Waals surface area contributed by atoms with E-state index in [0.717, 1.165) is 31.0 Å². The molecule has 0 bridgehead atoms. The molecule has 0 saturated heterocycles. The van der Waals surface area contributed by atoms with Crippen LogP contribution in [0.4, 0.5) is 0 Å². The van der Waals surface area contributed by atoms with Crippen molar-refractivity contribution in [2.75, 3.05) is 20.1 Å². The van der Waals surface area contributed by atoms with Crippen LogP contribution in [0.3, 0.4) is 0 Å². The van der Waals surface area contributed by atoms with Crippen LogP contribution in [0.5, 0.6) is 0 Å². The Bertz CT molecular complexity index is 677. The normalized spacial score (nSPS) is 10.6. The molecule has 128 valence electrons. The van der Waals surface area contributed by atoms with Crippen LogP contribution in [0.15, 0.2) is 46.8 Å². The number of likely N-dealkylation sites (N-methyl/N-ethyl adjacent to an activating group) is 1. The third-order valence-electron chi connectivity index (χ3n) is 3.44. The Morgan fingerprint density at radius 2 is 2.17 bits per heavy atom. The van der Waals surface area contributed by atoms with Crippen LogP contribution in [0.2, 0.25) is 0 Å². The molecule has 0 aliphatic heterocycles. The van der Waals surface area contributed by atoms with Crippen molar-refractivity contribution in [3.05, 3.63) is 57.8 Å². The highest BCUT2D eigenvalue weighted by atomic mass is 127. The Labute approximate surface area is 165 Å². The van der Waals surface area contributed by atoms with Crippen molar-refractivity contribution < 1.29 is 0 Å². The number of aliphatic imine (C=N–C) groups is 1. The van der Waals surface area contributed by atoms with E-state index in [-0.39, 0.29) is 24.0 Å². The molecule has 2 rings (SSSR count). The van der Waals surface area contributed by atoms with E-state index in [4.69, 9.17) is 5.26 Å². The maximum absolute atomic E-state index is 8.97. The number of hydrogen-bond acceptors (Lipinski definition) is 3. The molecule has 0 saturated carbocycles. The van der Waals surface area contributed by atoms with Gasteiger partial charge in [0.1, 0.15) is 0 Å². The Morgan fingerprint density at radius 3 is 2.83 bits per heavy atom. The van der Waals surface area contributed by atoms with Crippen molar-refractivity contribution >= 4 is 41.3 Å². The van der Waals surface area contributed by atoms with Crippen molar-refractivity contribution in [3.8, 4) is 6.07 Å². The molecule has 0 unspecified atom stereocenters. The molecule has 0 aliphatic rings. The summed E-state index contributed by atoms with van der Waals surface area (Å²) >= 11 is 1.79. The first-order valence-electron chi connectivity index (χ1n) is 7.73. The fourth-order valence-electron chi connectivity index (χ4n) is 2.21. The van der Waals surface area contributed by atoms with Crippen LogP contribution in [-0.2, 0) is 13.0 Å². The summed E-state index contributed by atoms with van der Waals surface area (Å²) in [5.74, 6) is 0.895. The number of nitrogens with one attached hydrogen (secondary N) is 1. The molecule has 0 amide bonds. The number of thiophene rings is 1. The van der Waals surface area contributed by atoms with E-state index in [1.165, 1.54) is 4.88 Å². The molecule has 4 nitrogen and oxygen atoms in total. The van der Waals surface area contributed by atoms with E-state index in [9.17, 15) is 0 Å². The van der Waals surface area contributed by atoms with Gasteiger partial charge in [0.05, 0.1) is 18.2 Å². The van der Waals surface area contributed by atoms with E-state index in [0.29, 0.717) is 12.1 Å². The zero-order chi connectivity index (χ0) is 16.5. The van der Waals surface area contributed by atoms with Crippen molar-refractivity contribution in [1.82, 2.24) is 10.2 Å². The van der Waals surface area contributed by atoms with Gasteiger partial charge in [0.2, 0.25) is 0 Å². The SMILES string of the molecule is CCNC(=NCc1cccc(C#N)c1)N(C)CCc1cccs1.I. The van der Waals surface area contributed by atoms with E-state index < -0.39 is 0 Å². The van der Waals surface area contributed by atoms with Crippen LogP contribution >= 0.6 is 35.3 Å². The zero-order valence-electron chi connectivity index (χ0n) is 14.0. The highest BCUT2D eigenvalue weighted by Gasteiger charge is 2.06. The highest BCUT2D eigenvalue weighted by molar-refractivity contribution is 14.0. The standard InChI is InChI=1S/C18H22N4S.HI/c1-3-20-18(22(2)10-9-17-8-5-11-23-17)21-14-16-7-4-6-15(12-16)13-19;/h4-8,11-12H,3,9-10,14H2,1-2H3,(H,20,21);1H. The maximum atomic E-state index is 8.97. The average Bonchev–Trinajstić information content (AvgIpc) is 3.10. The van der Waals surface area contributed by atoms with E-state index in [1.807, 2.05) is 24.3 Å². The summed E-state index contributed by atoms with van der Waals surface area (Å²) in [6, 6.07) is 14.0. The van der Waals surface area contributed by atoms with Gasteiger partial charge in [-0.3, -0.25) is 0 Å². The molecular weight excluding hydrogens is 431 g/mol. The summed E-state index contributed by atoms with van der Waals surface area (Å²) in [4.78, 5) is 8.22.